The summed E-state index contributed by atoms with van der Waals surface area (Å²) in [6.45, 7) is 0. The van der Waals surface area contributed by atoms with Crippen LogP contribution in [0.5, 0.6) is 0 Å². The second-order valence-corrected chi connectivity index (χ2v) is 4.61. The molecule has 0 N–H and O–H groups in total. The van der Waals surface area contributed by atoms with E-state index in [1.54, 1.807) is 11.3 Å². The van der Waals surface area contributed by atoms with Gasteiger partial charge in [-0.1, -0.05) is 15.9 Å². The molecule has 1 aromatic heterocycles. The summed E-state index contributed by atoms with van der Waals surface area (Å²) in [5.41, 5.74) is 0.633. The second kappa shape index (κ2) is 3.71. The lowest BCUT2D eigenvalue weighted by atomic mass is 10.2. The fraction of sp³-hybridized carbons (Fsp3) is 0.100. The molecule has 2 nitrogen and oxygen atoms in total. The Morgan fingerprint density at radius 2 is 2.29 bits per heavy atom. The minimum Gasteiger partial charge on any atom is -0.465 e. The standard InChI is InChI=1S/C10H7BrO2S/c1-13-10(12)8-5-14-9-3-2-6(11)4-7(8)9/h2-5H,1H3. The molecule has 1 aromatic carbocycles. The van der Waals surface area contributed by atoms with E-state index in [1.807, 2.05) is 23.6 Å². The molecule has 0 aliphatic heterocycles. The zero-order valence-corrected chi connectivity index (χ0v) is 9.81. The van der Waals surface area contributed by atoms with E-state index in [4.69, 9.17) is 4.74 Å². The summed E-state index contributed by atoms with van der Waals surface area (Å²) in [6.07, 6.45) is 0. The molecule has 0 spiro atoms. The zero-order valence-electron chi connectivity index (χ0n) is 7.41. The molecule has 0 saturated carbocycles. The highest BCUT2D eigenvalue weighted by Crippen LogP contribution is 2.29. The molecule has 0 unspecified atom stereocenters. The summed E-state index contributed by atoms with van der Waals surface area (Å²) in [7, 11) is 1.39. The molecule has 72 valence electrons. The van der Waals surface area contributed by atoms with Crippen molar-refractivity contribution in [3.05, 3.63) is 33.6 Å². The number of esters is 1. The summed E-state index contributed by atoms with van der Waals surface area (Å²) in [5, 5.41) is 2.76. The molecule has 0 saturated heterocycles. The number of halogens is 1. The van der Waals surface area contributed by atoms with E-state index in [-0.39, 0.29) is 5.97 Å². The summed E-state index contributed by atoms with van der Waals surface area (Å²) >= 11 is 4.92. The number of carbonyl (C=O) groups is 1. The first-order valence-corrected chi connectivity index (χ1v) is 5.64. The van der Waals surface area contributed by atoms with Crippen molar-refractivity contribution in [3.63, 3.8) is 0 Å². The number of ether oxygens (including phenoxy) is 1. The van der Waals surface area contributed by atoms with Gasteiger partial charge in [0.1, 0.15) is 0 Å². The summed E-state index contributed by atoms with van der Waals surface area (Å²) in [5.74, 6) is -0.283. The van der Waals surface area contributed by atoms with Crippen molar-refractivity contribution in [3.8, 4) is 0 Å². The van der Waals surface area contributed by atoms with E-state index in [1.165, 1.54) is 7.11 Å². The monoisotopic (exact) mass is 270 g/mol. The van der Waals surface area contributed by atoms with Gasteiger partial charge in [0, 0.05) is 19.9 Å². The molecular weight excluding hydrogens is 264 g/mol. The lowest BCUT2D eigenvalue weighted by Gasteiger charge is -1.97. The maximum absolute atomic E-state index is 11.4. The Morgan fingerprint density at radius 1 is 1.50 bits per heavy atom. The summed E-state index contributed by atoms with van der Waals surface area (Å²) in [4.78, 5) is 11.4. The van der Waals surface area contributed by atoms with E-state index in [0.717, 1.165) is 14.6 Å². The molecule has 4 heteroatoms. The molecule has 2 rings (SSSR count). The van der Waals surface area contributed by atoms with Gasteiger partial charge >= 0.3 is 5.97 Å². The van der Waals surface area contributed by atoms with Crippen molar-refractivity contribution < 1.29 is 9.53 Å². The number of fused-ring (bicyclic) bond motifs is 1. The molecule has 0 fully saturated rings. The quantitative estimate of drug-likeness (QED) is 0.742. The molecule has 0 radical (unpaired) electrons. The summed E-state index contributed by atoms with van der Waals surface area (Å²) in [6, 6.07) is 5.87. The van der Waals surface area contributed by atoms with E-state index in [2.05, 4.69) is 15.9 Å². The molecule has 0 aliphatic carbocycles. The fourth-order valence-corrected chi connectivity index (χ4v) is 2.54. The number of rotatable bonds is 1. The van der Waals surface area contributed by atoms with E-state index >= 15 is 0 Å². The first kappa shape index (κ1) is 9.68. The van der Waals surface area contributed by atoms with Gasteiger partial charge in [0.25, 0.3) is 0 Å². The highest BCUT2D eigenvalue weighted by Gasteiger charge is 2.12. The normalized spacial score (nSPS) is 10.4. The number of carbonyl (C=O) groups excluding carboxylic acids is 1. The molecular formula is C10H7BrO2S. The Hall–Kier alpha value is -0.870. The Morgan fingerprint density at radius 3 is 3.00 bits per heavy atom. The van der Waals surface area contributed by atoms with Crippen LogP contribution in [-0.4, -0.2) is 13.1 Å². The van der Waals surface area contributed by atoms with E-state index < -0.39 is 0 Å². The van der Waals surface area contributed by atoms with Crippen molar-refractivity contribution in [1.29, 1.82) is 0 Å². The largest absolute Gasteiger partial charge is 0.465 e. The number of methoxy groups -OCH3 is 1. The molecule has 2 aromatic rings. The van der Waals surface area contributed by atoms with Gasteiger partial charge in [0.2, 0.25) is 0 Å². The van der Waals surface area contributed by atoms with Gasteiger partial charge in [0.05, 0.1) is 12.7 Å². The van der Waals surface area contributed by atoms with E-state index in [0.29, 0.717) is 5.56 Å². The number of hydrogen-bond donors (Lipinski definition) is 0. The van der Waals surface area contributed by atoms with Crippen LogP contribution in [0.3, 0.4) is 0 Å². The molecule has 0 aliphatic rings. The van der Waals surface area contributed by atoms with Crippen molar-refractivity contribution >= 4 is 43.3 Å². The van der Waals surface area contributed by atoms with Gasteiger partial charge in [-0.25, -0.2) is 4.79 Å². The van der Waals surface area contributed by atoms with Crippen LogP contribution in [0.1, 0.15) is 10.4 Å². The van der Waals surface area contributed by atoms with Crippen LogP contribution in [0.15, 0.2) is 28.1 Å². The predicted octanol–water partition coefficient (Wildman–Crippen LogP) is 3.45. The van der Waals surface area contributed by atoms with Crippen LogP contribution in [0.2, 0.25) is 0 Å². The molecule has 0 atom stereocenters. The average Bonchev–Trinajstić information content (AvgIpc) is 2.59. The van der Waals surface area contributed by atoms with Crippen LogP contribution in [0.25, 0.3) is 10.1 Å². The van der Waals surface area contributed by atoms with Crippen LogP contribution < -0.4 is 0 Å². The second-order valence-electron chi connectivity index (χ2n) is 2.78. The van der Waals surface area contributed by atoms with Gasteiger partial charge in [-0.2, -0.15) is 0 Å². The van der Waals surface area contributed by atoms with Crippen molar-refractivity contribution in [2.45, 2.75) is 0 Å². The molecule has 1 heterocycles. The third-order valence-electron chi connectivity index (χ3n) is 1.94. The lowest BCUT2D eigenvalue weighted by molar-refractivity contribution is 0.0603. The van der Waals surface area contributed by atoms with Gasteiger partial charge < -0.3 is 4.74 Å². The molecule has 0 bridgehead atoms. The van der Waals surface area contributed by atoms with Crippen LogP contribution >= 0.6 is 27.3 Å². The predicted molar refractivity (Wildman–Crippen MR) is 60.9 cm³/mol. The topological polar surface area (TPSA) is 26.3 Å². The van der Waals surface area contributed by atoms with Crippen LogP contribution in [-0.2, 0) is 4.74 Å². The van der Waals surface area contributed by atoms with Gasteiger partial charge in [-0.15, -0.1) is 11.3 Å². The molecule has 0 amide bonds. The van der Waals surface area contributed by atoms with Crippen molar-refractivity contribution in [2.24, 2.45) is 0 Å². The molecule has 14 heavy (non-hydrogen) atoms. The van der Waals surface area contributed by atoms with Crippen molar-refractivity contribution in [1.82, 2.24) is 0 Å². The highest BCUT2D eigenvalue weighted by atomic mass is 79.9. The lowest BCUT2D eigenvalue weighted by Crippen LogP contribution is -1.99. The minimum atomic E-state index is -0.283. The highest BCUT2D eigenvalue weighted by molar-refractivity contribution is 9.10. The maximum atomic E-state index is 11.4. The van der Waals surface area contributed by atoms with Crippen LogP contribution in [0, 0.1) is 0 Å². The summed E-state index contributed by atoms with van der Waals surface area (Å²) < 4.78 is 6.75. The minimum absolute atomic E-state index is 0.283. The Balaban J connectivity index is 2.67. The van der Waals surface area contributed by atoms with Gasteiger partial charge in [0.15, 0.2) is 0 Å². The Labute approximate surface area is 93.6 Å². The Kier molecular flexibility index (Phi) is 2.56. The van der Waals surface area contributed by atoms with Crippen molar-refractivity contribution in [2.75, 3.05) is 7.11 Å². The van der Waals surface area contributed by atoms with Gasteiger partial charge in [-0.05, 0) is 18.2 Å². The first-order valence-electron chi connectivity index (χ1n) is 3.97. The smallest absolute Gasteiger partial charge is 0.339 e. The zero-order chi connectivity index (χ0) is 10.1. The van der Waals surface area contributed by atoms with Crippen LogP contribution in [0.4, 0.5) is 0 Å². The third kappa shape index (κ3) is 1.55. The maximum Gasteiger partial charge on any atom is 0.339 e. The number of hydrogen-bond acceptors (Lipinski definition) is 3. The first-order chi connectivity index (χ1) is 6.72. The number of thiophene rings is 1. The fourth-order valence-electron chi connectivity index (χ4n) is 1.27. The third-order valence-corrected chi connectivity index (χ3v) is 3.40. The van der Waals surface area contributed by atoms with E-state index in [9.17, 15) is 4.79 Å². The SMILES string of the molecule is COC(=O)c1csc2ccc(Br)cc12. The Bertz CT molecular complexity index is 490. The van der Waals surface area contributed by atoms with Gasteiger partial charge in [-0.3, -0.25) is 0 Å². The average molecular weight is 271 g/mol. The number of benzene rings is 1.